The Kier molecular flexibility index (Phi) is 5.03. The number of rotatable bonds is 4. The average molecular weight is 327 g/mol. The molecule has 1 aromatic heterocycles. The summed E-state index contributed by atoms with van der Waals surface area (Å²) in [4.78, 5) is 6.76. The van der Waals surface area contributed by atoms with E-state index >= 15 is 0 Å². The summed E-state index contributed by atoms with van der Waals surface area (Å²) in [5.74, 6) is 2.35. The number of para-hydroxylation sites is 1. The molecule has 1 atom stereocenters. The van der Waals surface area contributed by atoms with E-state index in [1.165, 1.54) is 5.56 Å². The standard InChI is InChI=1S/C18H25N5O/c1-19-18(20-10-14-6-4-5-7-17(14)24-3)23-9-8-15(13-23)16-11-21-22(2)12-16/h4-7,11-12,15H,8-10,13H2,1-3H3,(H,19,20). The second kappa shape index (κ2) is 7.38. The van der Waals surface area contributed by atoms with Crippen molar-refractivity contribution >= 4 is 5.96 Å². The van der Waals surface area contributed by atoms with Gasteiger partial charge in [-0.2, -0.15) is 5.10 Å². The van der Waals surface area contributed by atoms with Crippen LogP contribution in [0.4, 0.5) is 0 Å². The third-order valence-electron chi connectivity index (χ3n) is 4.53. The van der Waals surface area contributed by atoms with Crippen LogP contribution in [0.3, 0.4) is 0 Å². The molecule has 3 rings (SSSR count). The van der Waals surface area contributed by atoms with Crippen LogP contribution in [-0.2, 0) is 13.6 Å². The highest BCUT2D eigenvalue weighted by atomic mass is 16.5. The van der Waals surface area contributed by atoms with Gasteiger partial charge in [0.1, 0.15) is 5.75 Å². The van der Waals surface area contributed by atoms with Gasteiger partial charge in [0.25, 0.3) is 0 Å². The van der Waals surface area contributed by atoms with Gasteiger partial charge in [0.2, 0.25) is 0 Å². The van der Waals surface area contributed by atoms with Crippen molar-refractivity contribution < 1.29 is 4.74 Å². The summed E-state index contributed by atoms with van der Waals surface area (Å²) >= 11 is 0. The number of hydrogen-bond donors (Lipinski definition) is 1. The van der Waals surface area contributed by atoms with E-state index in [2.05, 4.69) is 32.6 Å². The van der Waals surface area contributed by atoms with Crippen LogP contribution in [0.15, 0.2) is 41.7 Å². The summed E-state index contributed by atoms with van der Waals surface area (Å²) in [5, 5.41) is 7.74. The van der Waals surface area contributed by atoms with E-state index in [-0.39, 0.29) is 0 Å². The molecule has 0 aliphatic carbocycles. The molecular formula is C18H25N5O. The molecule has 0 saturated carbocycles. The van der Waals surface area contributed by atoms with Gasteiger partial charge in [0, 0.05) is 51.4 Å². The first-order chi connectivity index (χ1) is 11.7. The SMILES string of the molecule is CN=C(NCc1ccccc1OC)N1CCC(c2cnn(C)c2)C1. The lowest BCUT2D eigenvalue weighted by Crippen LogP contribution is -2.39. The van der Waals surface area contributed by atoms with Crippen molar-refractivity contribution in [1.29, 1.82) is 0 Å². The van der Waals surface area contributed by atoms with Crippen LogP contribution in [0.2, 0.25) is 0 Å². The van der Waals surface area contributed by atoms with E-state index in [1.807, 2.05) is 43.2 Å². The molecule has 1 saturated heterocycles. The molecule has 1 aliphatic heterocycles. The molecule has 6 heteroatoms. The lowest BCUT2D eigenvalue weighted by molar-refractivity contribution is 0.408. The molecule has 1 aromatic carbocycles. The van der Waals surface area contributed by atoms with E-state index in [4.69, 9.17) is 4.74 Å². The number of guanidine groups is 1. The van der Waals surface area contributed by atoms with Gasteiger partial charge >= 0.3 is 0 Å². The smallest absolute Gasteiger partial charge is 0.193 e. The zero-order valence-electron chi connectivity index (χ0n) is 14.6. The van der Waals surface area contributed by atoms with Crippen LogP contribution in [-0.4, -0.2) is 47.9 Å². The normalized spacial score (nSPS) is 18.0. The molecule has 0 radical (unpaired) electrons. The van der Waals surface area contributed by atoms with Crippen molar-refractivity contribution in [3.05, 3.63) is 47.8 Å². The van der Waals surface area contributed by atoms with Gasteiger partial charge in [-0.3, -0.25) is 9.67 Å². The van der Waals surface area contributed by atoms with E-state index in [0.29, 0.717) is 12.5 Å². The van der Waals surface area contributed by atoms with Crippen molar-refractivity contribution in [3.63, 3.8) is 0 Å². The summed E-state index contributed by atoms with van der Waals surface area (Å²) in [6, 6.07) is 8.06. The first-order valence-corrected chi connectivity index (χ1v) is 8.27. The summed E-state index contributed by atoms with van der Waals surface area (Å²) in [5.41, 5.74) is 2.43. The van der Waals surface area contributed by atoms with Gasteiger partial charge < -0.3 is 15.0 Å². The zero-order valence-corrected chi connectivity index (χ0v) is 14.6. The van der Waals surface area contributed by atoms with Crippen LogP contribution >= 0.6 is 0 Å². The number of aryl methyl sites for hydroxylation is 1. The molecule has 1 unspecified atom stereocenters. The number of hydrogen-bond acceptors (Lipinski definition) is 3. The molecular weight excluding hydrogens is 302 g/mol. The first-order valence-electron chi connectivity index (χ1n) is 8.27. The third-order valence-corrected chi connectivity index (χ3v) is 4.53. The van der Waals surface area contributed by atoms with Crippen molar-refractivity contribution in [1.82, 2.24) is 20.0 Å². The molecule has 1 N–H and O–H groups in total. The fraction of sp³-hybridized carbons (Fsp3) is 0.444. The maximum absolute atomic E-state index is 5.41. The lowest BCUT2D eigenvalue weighted by Gasteiger charge is -2.22. The molecule has 2 aromatic rings. The minimum absolute atomic E-state index is 0.517. The maximum atomic E-state index is 5.41. The van der Waals surface area contributed by atoms with Crippen LogP contribution in [0.5, 0.6) is 5.75 Å². The van der Waals surface area contributed by atoms with E-state index in [1.54, 1.807) is 7.11 Å². The summed E-state index contributed by atoms with van der Waals surface area (Å²) < 4.78 is 7.28. The monoisotopic (exact) mass is 327 g/mol. The van der Waals surface area contributed by atoms with E-state index in [0.717, 1.165) is 36.8 Å². The minimum atomic E-state index is 0.517. The predicted octanol–water partition coefficient (Wildman–Crippen LogP) is 1.99. The van der Waals surface area contributed by atoms with Crippen molar-refractivity contribution in [3.8, 4) is 5.75 Å². The number of aromatic nitrogens is 2. The molecule has 24 heavy (non-hydrogen) atoms. The number of benzene rings is 1. The fourth-order valence-electron chi connectivity index (χ4n) is 3.23. The molecule has 1 aliphatic rings. The van der Waals surface area contributed by atoms with Crippen LogP contribution in [0.25, 0.3) is 0 Å². The number of nitrogens with zero attached hydrogens (tertiary/aromatic N) is 4. The lowest BCUT2D eigenvalue weighted by atomic mass is 10.0. The zero-order chi connectivity index (χ0) is 16.9. The predicted molar refractivity (Wildman–Crippen MR) is 95.3 cm³/mol. The number of likely N-dealkylation sites (tertiary alicyclic amines) is 1. The van der Waals surface area contributed by atoms with Gasteiger partial charge in [0.15, 0.2) is 5.96 Å². The number of ether oxygens (including phenoxy) is 1. The third kappa shape index (κ3) is 3.53. The highest BCUT2D eigenvalue weighted by Gasteiger charge is 2.26. The summed E-state index contributed by atoms with van der Waals surface area (Å²) in [6.07, 6.45) is 5.21. The summed E-state index contributed by atoms with van der Waals surface area (Å²) in [7, 11) is 5.50. The number of methoxy groups -OCH3 is 1. The van der Waals surface area contributed by atoms with Crippen molar-refractivity contribution in [2.75, 3.05) is 27.2 Å². The molecule has 0 spiro atoms. The van der Waals surface area contributed by atoms with Crippen LogP contribution < -0.4 is 10.1 Å². The molecule has 128 valence electrons. The minimum Gasteiger partial charge on any atom is -0.496 e. The largest absolute Gasteiger partial charge is 0.496 e. The Morgan fingerprint density at radius 2 is 2.25 bits per heavy atom. The van der Waals surface area contributed by atoms with Crippen molar-refractivity contribution in [2.24, 2.45) is 12.0 Å². The second-order valence-corrected chi connectivity index (χ2v) is 6.09. The van der Waals surface area contributed by atoms with Gasteiger partial charge in [-0.1, -0.05) is 18.2 Å². The number of nitrogens with one attached hydrogen (secondary N) is 1. The Morgan fingerprint density at radius 3 is 2.96 bits per heavy atom. The van der Waals surface area contributed by atoms with Gasteiger partial charge in [-0.25, -0.2) is 0 Å². The quantitative estimate of drug-likeness (QED) is 0.689. The second-order valence-electron chi connectivity index (χ2n) is 6.09. The highest BCUT2D eigenvalue weighted by molar-refractivity contribution is 5.80. The Labute approximate surface area is 143 Å². The van der Waals surface area contributed by atoms with Crippen LogP contribution in [0.1, 0.15) is 23.5 Å². The fourth-order valence-corrected chi connectivity index (χ4v) is 3.23. The van der Waals surface area contributed by atoms with E-state index in [9.17, 15) is 0 Å². The Balaban J connectivity index is 1.61. The molecule has 0 bridgehead atoms. The maximum Gasteiger partial charge on any atom is 0.193 e. The Morgan fingerprint density at radius 1 is 1.42 bits per heavy atom. The first kappa shape index (κ1) is 16.4. The average Bonchev–Trinajstić information content (AvgIpc) is 3.25. The molecule has 2 heterocycles. The summed E-state index contributed by atoms with van der Waals surface area (Å²) in [6.45, 7) is 2.67. The Bertz CT molecular complexity index is 709. The van der Waals surface area contributed by atoms with Gasteiger partial charge in [-0.05, 0) is 18.1 Å². The molecule has 1 fully saturated rings. The van der Waals surface area contributed by atoms with Crippen molar-refractivity contribution in [2.45, 2.75) is 18.9 Å². The van der Waals surface area contributed by atoms with E-state index < -0.39 is 0 Å². The highest BCUT2D eigenvalue weighted by Crippen LogP contribution is 2.26. The van der Waals surface area contributed by atoms with Gasteiger partial charge in [0.05, 0.1) is 13.3 Å². The topological polar surface area (TPSA) is 54.7 Å². The van der Waals surface area contributed by atoms with Gasteiger partial charge in [-0.15, -0.1) is 0 Å². The molecule has 0 amide bonds. The van der Waals surface area contributed by atoms with Crippen LogP contribution in [0, 0.1) is 0 Å². The Hall–Kier alpha value is -2.50. The molecule has 6 nitrogen and oxygen atoms in total. The number of aliphatic imine (C=N–C) groups is 1.